The second kappa shape index (κ2) is 10.4. The van der Waals surface area contributed by atoms with Crippen molar-refractivity contribution < 1.29 is 29.3 Å². The number of aliphatic hydroxyl groups is 1. The van der Waals surface area contributed by atoms with Crippen LogP contribution in [0, 0.1) is 11.8 Å². The summed E-state index contributed by atoms with van der Waals surface area (Å²) in [6.07, 6.45) is -0.843. The summed E-state index contributed by atoms with van der Waals surface area (Å²) in [7, 11) is 0. The molecule has 10 heteroatoms. The van der Waals surface area contributed by atoms with Gasteiger partial charge in [-0.25, -0.2) is 4.79 Å². The first-order chi connectivity index (χ1) is 18.2. The number of benzene rings is 2. The number of fused-ring (bicyclic) bond motifs is 2. The summed E-state index contributed by atoms with van der Waals surface area (Å²) in [6, 6.07) is 11.6. The maximum Gasteiger partial charge on any atom is 0.352 e. The Labute approximate surface area is 221 Å². The number of carbonyl (C=O) groups excluding carboxylic acids is 2. The van der Waals surface area contributed by atoms with E-state index in [0.717, 1.165) is 49.1 Å². The van der Waals surface area contributed by atoms with Gasteiger partial charge in [0, 0.05) is 49.6 Å². The van der Waals surface area contributed by atoms with Gasteiger partial charge in [0.15, 0.2) is 0 Å². The van der Waals surface area contributed by atoms with Crippen molar-refractivity contribution in [3.05, 3.63) is 53.2 Å². The molecule has 0 saturated carbocycles. The largest absolute Gasteiger partial charge is 0.488 e. The molecule has 4 atom stereocenters. The Bertz CT molecular complexity index is 1300. The average molecular weight is 523 g/mol. The average Bonchev–Trinajstić information content (AvgIpc) is 3.11. The van der Waals surface area contributed by atoms with E-state index in [1.54, 1.807) is 6.92 Å². The van der Waals surface area contributed by atoms with Crippen molar-refractivity contribution in [2.24, 2.45) is 17.6 Å². The molecule has 2 fully saturated rings. The van der Waals surface area contributed by atoms with E-state index in [-0.39, 0.29) is 42.6 Å². The van der Waals surface area contributed by atoms with E-state index in [0.29, 0.717) is 11.3 Å². The number of primary amides is 1. The molecule has 10 nitrogen and oxygen atoms in total. The Kier molecular flexibility index (Phi) is 7.13. The lowest BCUT2D eigenvalue weighted by Gasteiger charge is -2.46. The summed E-state index contributed by atoms with van der Waals surface area (Å²) in [5.41, 5.74) is 7.01. The van der Waals surface area contributed by atoms with Crippen LogP contribution in [0.4, 0.5) is 0 Å². The number of carbonyl (C=O) groups is 3. The quantitative estimate of drug-likeness (QED) is 0.415. The fourth-order valence-corrected chi connectivity index (χ4v) is 6.17. The number of nitrogens with two attached hydrogens (primary N) is 1. The maximum absolute atomic E-state index is 12.6. The third-order valence-electron chi connectivity index (χ3n) is 8.11. The lowest BCUT2D eigenvalue weighted by molar-refractivity contribution is -0.163. The molecule has 2 saturated heterocycles. The Morgan fingerprint density at radius 2 is 1.74 bits per heavy atom. The summed E-state index contributed by atoms with van der Waals surface area (Å²) in [4.78, 5) is 41.6. The first-order valence-corrected chi connectivity index (χ1v) is 13.0. The van der Waals surface area contributed by atoms with Gasteiger partial charge in [0.1, 0.15) is 18.1 Å². The minimum Gasteiger partial charge on any atom is -0.488 e. The van der Waals surface area contributed by atoms with Gasteiger partial charge in [-0.3, -0.25) is 19.4 Å². The second-order valence-corrected chi connectivity index (χ2v) is 10.5. The number of hydrogen-bond donors (Lipinski definition) is 3. The van der Waals surface area contributed by atoms with Crippen LogP contribution in [0.2, 0.25) is 0 Å². The highest BCUT2D eigenvalue weighted by molar-refractivity contribution is 6.00. The van der Waals surface area contributed by atoms with E-state index >= 15 is 0 Å². The molecule has 3 aliphatic heterocycles. The molecule has 0 aromatic heterocycles. The van der Waals surface area contributed by atoms with E-state index in [2.05, 4.69) is 21.9 Å². The highest BCUT2D eigenvalue weighted by Crippen LogP contribution is 2.47. The van der Waals surface area contributed by atoms with Gasteiger partial charge in [-0.2, -0.15) is 0 Å². The Morgan fingerprint density at radius 1 is 1.08 bits per heavy atom. The van der Waals surface area contributed by atoms with E-state index in [1.165, 1.54) is 4.90 Å². The first-order valence-electron chi connectivity index (χ1n) is 13.0. The van der Waals surface area contributed by atoms with Gasteiger partial charge in [0.25, 0.3) is 0 Å². The van der Waals surface area contributed by atoms with E-state index in [4.69, 9.17) is 10.5 Å². The third kappa shape index (κ3) is 4.63. The molecule has 3 heterocycles. The van der Waals surface area contributed by atoms with Gasteiger partial charge in [-0.05, 0) is 23.9 Å². The minimum atomic E-state index is -1.16. The Hall–Kier alpha value is -3.47. The Morgan fingerprint density at radius 3 is 2.39 bits per heavy atom. The van der Waals surface area contributed by atoms with E-state index < -0.39 is 18.0 Å². The van der Waals surface area contributed by atoms with E-state index in [9.17, 15) is 24.6 Å². The number of nitrogens with zero attached hydrogens (tertiary/aromatic N) is 3. The van der Waals surface area contributed by atoms with Gasteiger partial charge in [0.2, 0.25) is 11.8 Å². The van der Waals surface area contributed by atoms with Crippen molar-refractivity contribution in [2.75, 3.05) is 39.3 Å². The van der Waals surface area contributed by atoms with Crippen molar-refractivity contribution in [3.63, 3.8) is 0 Å². The van der Waals surface area contributed by atoms with Crippen LogP contribution in [0.15, 0.2) is 47.7 Å². The summed E-state index contributed by atoms with van der Waals surface area (Å²) in [6.45, 7) is 7.80. The van der Waals surface area contributed by atoms with Gasteiger partial charge in [0.05, 0.1) is 24.6 Å². The van der Waals surface area contributed by atoms with Crippen LogP contribution in [-0.2, 0) is 20.9 Å². The van der Waals surface area contributed by atoms with Crippen LogP contribution < -0.4 is 10.5 Å². The Balaban J connectivity index is 1.33. The molecule has 0 bridgehead atoms. The topological polar surface area (TPSA) is 137 Å². The van der Waals surface area contributed by atoms with Crippen molar-refractivity contribution in [2.45, 2.75) is 32.5 Å². The number of rotatable bonds is 9. The van der Waals surface area contributed by atoms with Crippen molar-refractivity contribution in [1.29, 1.82) is 0 Å². The summed E-state index contributed by atoms with van der Waals surface area (Å²) < 4.78 is 6.22. The fraction of sp³-hybridized carbons (Fsp3) is 0.464. The van der Waals surface area contributed by atoms with Crippen LogP contribution in [0.1, 0.15) is 19.4 Å². The minimum absolute atomic E-state index is 0.0270. The molecule has 202 valence electrons. The van der Waals surface area contributed by atoms with Gasteiger partial charge >= 0.3 is 5.97 Å². The lowest BCUT2D eigenvalue weighted by Crippen LogP contribution is -2.63. The third-order valence-corrected chi connectivity index (χ3v) is 8.11. The molecule has 2 aromatic carbocycles. The van der Waals surface area contributed by atoms with Gasteiger partial charge in [-0.1, -0.05) is 37.3 Å². The van der Waals surface area contributed by atoms with Crippen LogP contribution in [0.5, 0.6) is 5.75 Å². The number of carboxylic acid groups (broad SMARTS) is 1. The molecular formula is C28H34N4O6. The molecule has 4 N–H and O–H groups in total. The van der Waals surface area contributed by atoms with Crippen LogP contribution in [-0.4, -0.2) is 94.2 Å². The molecule has 5 rings (SSSR count). The highest BCUT2D eigenvalue weighted by Gasteiger charge is 2.59. The summed E-state index contributed by atoms with van der Waals surface area (Å²) in [5, 5.41) is 21.9. The van der Waals surface area contributed by atoms with Crippen LogP contribution in [0.3, 0.4) is 0 Å². The monoisotopic (exact) mass is 522 g/mol. The number of ether oxygens (including phenoxy) is 1. The molecular weight excluding hydrogens is 488 g/mol. The number of aliphatic carboxylic acids is 1. The second-order valence-electron chi connectivity index (χ2n) is 10.5. The molecule has 0 unspecified atom stereocenters. The molecule has 0 spiro atoms. The zero-order valence-electron chi connectivity index (χ0n) is 21.7. The predicted molar refractivity (Wildman–Crippen MR) is 140 cm³/mol. The fourth-order valence-electron chi connectivity index (χ4n) is 6.17. The molecule has 38 heavy (non-hydrogen) atoms. The number of hydrogen-bond acceptors (Lipinski definition) is 7. The molecule has 0 aliphatic carbocycles. The van der Waals surface area contributed by atoms with Crippen molar-refractivity contribution >= 4 is 28.6 Å². The zero-order valence-corrected chi connectivity index (χ0v) is 21.7. The number of carboxylic acids is 1. The van der Waals surface area contributed by atoms with Crippen molar-refractivity contribution in [3.8, 4) is 5.75 Å². The lowest BCUT2D eigenvalue weighted by atomic mass is 9.78. The standard InChI is InChI=1S/C28H34N4O6/c1-16-21(26(28(36)37)32-25(16)24(17(2)33)27(32)35)15-38-22-8-4-6-19-18(5-3-7-20(19)22)13-30-9-11-31(12-10-30)14-23(29)34/h3-8,16-17,24-25,33H,9-15H2,1-2H3,(H2,29,34)(H,36,37)/t16-,17+,24+,25+/m0/s1. The number of amides is 2. The maximum atomic E-state index is 12.6. The summed E-state index contributed by atoms with van der Waals surface area (Å²) in [5.74, 6) is -2.02. The molecule has 0 radical (unpaired) electrons. The molecule has 3 aliphatic rings. The van der Waals surface area contributed by atoms with Crippen molar-refractivity contribution in [1.82, 2.24) is 14.7 Å². The van der Waals surface area contributed by atoms with Crippen LogP contribution >= 0.6 is 0 Å². The number of aliphatic hydroxyl groups excluding tert-OH is 1. The smallest absolute Gasteiger partial charge is 0.352 e. The molecule has 2 aromatic rings. The highest BCUT2D eigenvalue weighted by atomic mass is 16.5. The number of piperazine rings is 1. The van der Waals surface area contributed by atoms with E-state index in [1.807, 2.05) is 31.2 Å². The SMILES string of the molecule is C[C@@H](O)[C@H]1C(=O)N2C(C(=O)O)=C(COc3cccc4c(CN5CCN(CC(N)=O)CC5)cccc34)[C@H](C)[C@H]12. The van der Waals surface area contributed by atoms with Crippen LogP contribution in [0.25, 0.3) is 10.8 Å². The van der Waals surface area contributed by atoms with Gasteiger partial charge in [-0.15, -0.1) is 0 Å². The normalized spacial score (nSPS) is 24.9. The summed E-state index contributed by atoms with van der Waals surface area (Å²) >= 11 is 0. The molecule has 2 amide bonds. The number of β-lactam (4-membered cyclic amide) rings is 1. The predicted octanol–water partition coefficient (Wildman–Crippen LogP) is 1.02. The first kappa shape index (κ1) is 26.1. The zero-order chi connectivity index (χ0) is 27.1. The van der Waals surface area contributed by atoms with Gasteiger partial charge < -0.3 is 25.6 Å².